The Kier molecular flexibility index (Phi) is 2.81. The fourth-order valence-corrected chi connectivity index (χ4v) is 1.06. The second-order valence-electron chi connectivity index (χ2n) is 3.77. The quantitative estimate of drug-likeness (QED) is 0.676. The van der Waals surface area contributed by atoms with E-state index in [4.69, 9.17) is 16.3 Å². The topological polar surface area (TPSA) is 9.23 Å². The van der Waals surface area contributed by atoms with Gasteiger partial charge in [0.2, 0.25) is 0 Å². The SMILES string of the molecule is CC(C)(C)Oc1cccc(Cl)c1F. The van der Waals surface area contributed by atoms with Gasteiger partial charge in [-0.2, -0.15) is 0 Å². The van der Waals surface area contributed by atoms with Gasteiger partial charge < -0.3 is 4.74 Å². The summed E-state index contributed by atoms with van der Waals surface area (Å²) in [4.78, 5) is 0. The van der Waals surface area contributed by atoms with E-state index in [2.05, 4.69) is 0 Å². The van der Waals surface area contributed by atoms with Crippen molar-refractivity contribution in [3.8, 4) is 5.75 Å². The predicted octanol–water partition coefficient (Wildman–Crippen LogP) is 3.66. The van der Waals surface area contributed by atoms with Gasteiger partial charge in [0.15, 0.2) is 11.6 Å². The molecule has 0 amide bonds. The van der Waals surface area contributed by atoms with Crippen molar-refractivity contribution in [3.05, 3.63) is 29.0 Å². The van der Waals surface area contributed by atoms with Gasteiger partial charge in [0.05, 0.1) is 5.02 Å². The lowest BCUT2D eigenvalue weighted by Crippen LogP contribution is -2.23. The van der Waals surface area contributed by atoms with E-state index in [0.29, 0.717) is 0 Å². The lowest BCUT2D eigenvalue weighted by molar-refractivity contribution is 0.124. The Morgan fingerprint density at radius 1 is 1.31 bits per heavy atom. The summed E-state index contributed by atoms with van der Waals surface area (Å²) in [6, 6.07) is 4.71. The van der Waals surface area contributed by atoms with Crippen molar-refractivity contribution in [2.75, 3.05) is 0 Å². The molecule has 0 heterocycles. The second kappa shape index (κ2) is 3.54. The molecule has 1 rings (SSSR count). The Morgan fingerprint density at radius 3 is 2.46 bits per heavy atom. The van der Waals surface area contributed by atoms with Crippen molar-refractivity contribution >= 4 is 11.6 Å². The van der Waals surface area contributed by atoms with E-state index >= 15 is 0 Å². The Hall–Kier alpha value is -0.760. The van der Waals surface area contributed by atoms with Crippen LogP contribution in [0.1, 0.15) is 20.8 Å². The molecule has 1 nitrogen and oxygen atoms in total. The average Bonchev–Trinajstić information content (AvgIpc) is 1.96. The monoisotopic (exact) mass is 202 g/mol. The minimum Gasteiger partial charge on any atom is -0.485 e. The molecule has 0 saturated carbocycles. The molecule has 0 aliphatic rings. The second-order valence-corrected chi connectivity index (χ2v) is 4.17. The summed E-state index contributed by atoms with van der Waals surface area (Å²) in [5.41, 5.74) is -0.411. The first-order valence-corrected chi connectivity index (χ1v) is 4.41. The van der Waals surface area contributed by atoms with Gasteiger partial charge >= 0.3 is 0 Å². The van der Waals surface area contributed by atoms with E-state index in [1.165, 1.54) is 6.07 Å². The summed E-state index contributed by atoms with van der Waals surface area (Å²) in [5.74, 6) is -0.306. The van der Waals surface area contributed by atoms with Crippen molar-refractivity contribution in [3.63, 3.8) is 0 Å². The van der Waals surface area contributed by atoms with Gasteiger partial charge in [-0.25, -0.2) is 4.39 Å². The van der Waals surface area contributed by atoms with E-state index in [0.717, 1.165) is 0 Å². The number of hydrogen-bond acceptors (Lipinski definition) is 1. The molecule has 1 aromatic rings. The largest absolute Gasteiger partial charge is 0.485 e. The fourth-order valence-electron chi connectivity index (χ4n) is 0.893. The number of benzene rings is 1. The first-order valence-electron chi connectivity index (χ1n) is 4.03. The zero-order valence-electron chi connectivity index (χ0n) is 7.90. The summed E-state index contributed by atoms with van der Waals surface area (Å²) in [5, 5.41) is 0.0850. The van der Waals surface area contributed by atoms with E-state index in [9.17, 15) is 4.39 Å². The molecular weight excluding hydrogens is 191 g/mol. The number of ether oxygens (including phenoxy) is 1. The summed E-state index contributed by atoms with van der Waals surface area (Å²) in [6.07, 6.45) is 0. The molecule has 0 spiro atoms. The van der Waals surface area contributed by atoms with Crippen LogP contribution in [0.5, 0.6) is 5.75 Å². The van der Waals surface area contributed by atoms with Crippen LogP contribution in [0.15, 0.2) is 18.2 Å². The maximum atomic E-state index is 13.3. The molecule has 72 valence electrons. The number of halogens is 2. The Bertz CT molecular complexity index is 304. The van der Waals surface area contributed by atoms with Crippen molar-refractivity contribution in [2.45, 2.75) is 26.4 Å². The first kappa shape index (κ1) is 10.3. The van der Waals surface area contributed by atoms with Crippen LogP contribution in [0.25, 0.3) is 0 Å². The number of hydrogen-bond donors (Lipinski definition) is 0. The Labute approximate surface area is 82.5 Å². The summed E-state index contributed by atoms with van der Waals surface area (Å²) >= 11 is 5.59. The van der Waals surface area contributed by atoms with Crippen molar-refractivity contribution < 1.29 is 9.13 Å². The maximum Gasteiger partial charge on any atom is 0.183 e. The molecule has 13 heavy (non-hydrogen) atoms. The highest BCUT2D eigenvalue weighted by molar-refractivity contribution is 6.30. The minimum absolute atomic E-state index is 0.0850. The summed E-state index contributed by atoms with van der Waals surface area (Å²) in [7, 11) is 0. The van der Waals surface area contributed by atoms with Crippen molar-refractivity contribution in [1.29, 1.82) is 0 Å². The third-order valence-electron chi connectivity index (χ3n) is 1.33. The summed E-state index contributed by atoms with van der Waals surface area (Å²) < 4.78 is 18.6. The van der Waals surface area contributed by atoms with E-state index in [-0.39, 0.29) is 10.8 Å². The molecule has 0 unspecified atom stereocenters. The zero-order valence-corrected chi connectivity index (χ0v) is 8.65. The molecule has 0 bridgehead atoms. The van der Waals surface area contributed by atoms with Gasteiger partial charge in [-0.05, 0) is 32.9 Å². The third kappa shape index (κ3) is 2.88. The average molecular weight is 203 g/mol. The predicted molar refractivity (Wildman–Crippen MR) is 51.8 cm³/mol. The molecular formula is C10H12ClFO. The van der Waals surface area contributed by atoms with Crippen LogP contribution in [0.4, 0.5) is 4.39 Å². The van der Waals surface area contributed by atoms with Crippen LogP contribution in [-0.2, 0) is 0 Å². The van der Waals surface area contributed by atoms with Gasteiger partial charge in [-0.1, -0.05) is 17.7 Å². The highest BCUT2D eigenvalue weighted by Gasteiger charge is 2.15. The molecule has 3 heteroatoms. The first-order chi connectivity index (χ1) is 5.90. The van der Waals surface area contributed by atoms with E-state index < -0.39 is 11.4 Å². The van der Waals surface area contributed by atoms with Crippen LogP contribution < -0.4 is 4.74 Å². The van der Waals surface area contributed by atoms with Crippen LogP contribution in [-0.4, -0.2) is 5.60 Å². The maximum absolute atomic E-state index is 13.3. The molecule has 0 fully saturated rings. The fraction of sp³-hybridized carbons (Fsp3) is 0.400. The Morgan fingerprint density at radius 2 is 1.92 bits per heavy atom. The van der Waals surface area contributed by atoms with Gasteiger partial charge in [-0.15, -0.1) is 0 Å². The van der Waals surface area contributed by atoms with Gasteiger partial charge in [0.1, 0.15) is 5.60 Å². The standard InChI is InChI=1S/C10H12ClFO/c1-10(2,3)13-8-6-4-5-7(11)9(8)12/h4-6H,1-3H3. The number of rotatable bonds is 1. The molecule has 0 aliphatic heterocycles. The molecule has 0 atom stereocenters. The smallest absolute Gasteiger partial charge is 0.183 e. The van der Waals surface area contributed by atoms with E-state index in [1.54, 1.807) is 12.1 Å². The normalized spacial score (nSPS) is 11.5. The van der Waals surface area contributed by atoms with E-state index in [1.807, 2.05) is 20.8 Å². The molecule has 1 aromatic carbocycles. The lowest BCUT2D eigenvalue weighted by Gasteiger charge is -2.21. The summed E-state index contributed by atoms with van der Waals surface area (Å²) in [6.45, 7) is 5.56. The van der Waals surface area contributed by atoms with Crippen LogP contribution in [0, 0.1) is 5.82 Å². The zero-order chi connectivity index (χ0) is 10.1. The van der Waals surface area contributed by atoms with Gasteiger partial charge in [0, 0.05) is 0 Å². The van der Waals surface area contributed by atoms with Crippen LogP contribution in [0.3, 0.4) is 0 Å². The van der Waals surface area contributed by atoms with Gasteiger partial charge in [0.25, 0.3) is 0 Å². The van der Waals surface area contributed by atoms with Crippen molar-refractivity contribution in [2.24, 2.45) is 0 Å². The molecule has 0 N–H and O–H groups in total. The lowest BCUT2D eigenvalue weighted by atomic mass is 10.2. The van der Waals surface area contributed by atoms with Gasteiger partial charge in [-0.3, -0.25) is 0 Å². The van der Waals surface area contributed by atoms with Crippen LogP contribution >= 0.6 is 11.6 Å². The highest BCUT2D eigenvalue weighted by atomic mass is 35.5. The molecule has 0 radical (unpaired) electrons. The molecule has 0 aliphatic carbocycles. The van der Waals surface area contributed by atoms with Crippen LogP contribution in [0.2, 0.25) is 5.02 Å². The third-order valence-corrected chi connectivity index (χ3v) is 1.62. The molecule has 0 saturated heterocycles. The van der Waals surface area contributed by atoms with Crippen molar-refractivity contribution in [1.82, 2.24) is 0 Å². The molecule has 0 aromatic heterocycles. The minimum atomic E-state index is -0.501. The Balaban J connectivity index is 2.96. The highest BCUT2D eigenvalue weighted by Crippen LogP contribution is 2.26.